The van der Waals surface area contributed by atoms with Gasteiger partial charge in [0.1, 0.15) is 11.8 Å². The Balaban J connectivity index is 1.87. The maximum absolute atomic E-state index is 12.0. The first-order chi connectivity index (χ1) is 8.74. The lowest BCUT2D eigenvalue weighted by Gasteiger charge is -2.07. The largest absolute Gasteiger partial charge is 0.441 e. The minimum absolute atomic E-state index is 0.102. The van der Waals surface area contributed by atoms with Crippen molar-refractivity contribution in [2.75, 3.05) is 0 Å². The predicted octanol–water partition coefficient (Wildman–Crippen LogP) is 1.12. The molecular formula is C11H8N4O3. The van der Waals surface area contributed by atoms with E-state index in [0.29, 0.717) is 18.5 Å². The Kier molecular flexibility index (Phi) is 2.16. The van der Waals surface area contributed by atoms with Crippen molar-refractivity contribution in [3.63, 3.8) is 0 Å². The summed E-state index contributed by atoms with van der Waals surface area (Å²) in [7, 11) is 0. The Morgan fingerprint density at radius 3 is 3.00 bits per heavy atom. The van der Waals surface area contributed by atoms with Crippen molar-refractivity contribution in [1.29, 1.82) is 5.26 Å². The fraction of sp³-hybridized carbons (Fsp3) is 0.273. The van der Waals surface area contributed by atoms with Gasteiger partial charge in [-0.2, -0.15) is 5.26 Å². The van der Waals surface area contributed by atoms with Crippen LogP contribution >= 0.6 is 0 Å². The molecule has 0 bridgehead atoms. The molecule has 90 valence electrons. The third-order valence-corrected chi connectivity index (χ3v) is 2.77. The average Bonchev–Trinajstić information content (AvgIpc) is 2.86. The SMILES string of the molecule is N#CC1(NC(=O)c2ncoc2-c2ccon2)CC1. The number of aromatic nitrogens is 2. The van der Waals surface area contributed by atoms with Gasteiger partial charge in [-0.25, -0.2) is 4.98 Å². The normalized spacial score (nSPS) is 15.9. The first-order valence-corrected chi connectivity index (χ1v) is 5.32. The number of carbonyl (C=O) groups is 1. The molecule has 0 aromatic carbocycles. The summed E-state index contributed by atoms with van der Waals surface area (Å²) in [5.74, 6) is -0.212. The molecule has 2 aromatic rings. The molecule has 1 fully saturated rings. The Labute approximate surface area is 101 Å². The zero-order valence-electron chi connectivity index (χ0n) is 9.21. The molecule has 0 radical (unpaired) electrons. The monoisotopic (exact) mass is 244 g/mol. The molecule has 1 amide bonds. The van der Waals surface area contributed by atoms with Gasteiger partial charge < -0.3 is 14.3 Å². The van der Waals surface area contributed by atoms with E-state index < -0.39 is 11.4 Å². The topological polar surface area (TPSA) is 105 Å². The number of nitrogens with zero attached hydrogens (tertiary/aromatic N) is 3. The van der Waals surface area contributed by atoms with Crippen molar-refractivity contribution in [3.05, 3.63) is 24.4 Å². The van der Waals surface area contributed by atoms with Crippen LogP contribution in [0.1, 0.15) is 23.3 Å². The average molecular weight is 244 g/mol. The van der Waals surface area contributed by atoms with Crippen molar-refractivity contribution in [2.24, 2.45) is 0 Å². The minimum Gasteiger partial charge on any atom is -0.441 e. The van der Waals surface area contributed by atoms with E-state index in [-0.39, 0.29) is 11.5 Å². The second-order valence-corrected chi connectivity index (χ2v) is 4.06. The van der Waals surface area contributed by atoms with E-state index in [4.69, 9.17) is 9.68 Å². The molecule has 0 aliphatic heterocycles. The quantitative estimate of drug-likeness (QED) is 0.867. The van der Waals surface area contributed by atoms with Gasteiger partial charge in [-0.15, -0.1) is 0 Å². The van der Waals surface area contributed by atoms with Crippen molar-refractivity contribution in [3.8, 4) is 17.5 Å². The van der Waals surface area contributed by atoms with Crippen molar-refractivity contribution in [1.82, 2.24) is 15.5 Å². The second-order valence-electron chi connectivity index (χ2n) is 4.06. The molecule has 0 saturated heterocycles. The zero-order chi connectivity index (χ0) is 12.6. The van der Waals surface area contributed by atoms with Crippen LogP contribution in [0.2, 0.25) is 0 Å². The lowest BCUT2D eigenvalue weighted by atomic mass is 10.2. The lowest BCUT2D eigenvalue weighted by molar-refractivity contribution is 0.0937. The number of rotatable bonds is 3. The predicted molar refractivity (Wildman–Crippen MR) is 57.0 cm³/mol. The lowest BCUT2D eigenvalue weighted by Crippen LogP contribution is -2.36. The molecule has 0 unspecified atom stereocenters. The number of hydrogen-bond donors (Lipinski definition) is 1. The third-order valence-electron chi connectivity index (χ3n) is 2.77. The van der Waals surface area contributed by atoms with E-state index in [9.17, 15) is 4.79 Å². The number of hydrogen-bond acceptors (Lipinski definition) is 6. The van der Waals surface area contributed by atoms with E-state index >= 15 is 0 Å². The first kappa shape index (κ1) is 10.5. The summed E-state index contributed by atoms with van der Waals surface area (Å²) in [5.41, 5.74) is -0.248. The Hall–Kier alpha value is -2.62. The van der Waals surface area contributed by atoms with E-state index in [2.05, 4.69) is 26.0 Å². The number of nitrogens with one attached hydrogen (secondary N) is 1. The van der Waals surface area contributed by atoms with Gasteiger partial charge in [0.2, 0.25) is 0 Å². The number of carbonyl (C=O) groups excluding carboxylic acids is 1. The summed E-state index contributed by atoms with van der Waals surface area (Å²) in [6.07, 6.45) is 3.85. The van der Waals surface area contributed by atoms with E-state index in [0.717, 1.165) is 6.39 Å². The van der Waals surface area contributed by atoms with Crippen molar-refractivity contribution < 1.29 is 13.7 Å². The Morgan fingerprint density at radius 1 is 1.56 bits per heavy atom. The summed E-state index contributed by atoms with van der Waals surface area (Å²) in [5, 5.41) is 15.2. The smallest absolute Gasteiger partial charge is 0.275 e. The molecule has 1 aliphatic carbocycles. The van der Waals surface area contributed by atoms with Crippen LogP contribution in [-0.2, 0) is 0 Å². The zero-order valence-corrected chi connectivity index (χ0v) is 9.21. The van der Waals surface area contributed by atoms with Gasteiger partial charge in [-0.05, 0) is 12.8 Å². The van der Waals surface area contributed by atoms with Gasteiger partial charge in [0.25, 0.3) is 5.91 Å². The molecule has 1 saturated carbocycles. The maximum atomic E-state index is 12.0. The molecule has 7 nitrogen and oxygen atoms in total. The molecule has 1 N–H and O–H groups in total. The third kappa shape index (κ3) is 1.64. The molecule has 2 heterocycles. The van der Waals surface area contributed by atoms with Gasteiger partial charge in [0.15, 0.2) is 23.5 Å². The highest BCUT2D eigenvalue weighted by Crippen LogP contribution is 2.35. The number of oxazole rings is 1. The molecule has 2 aromatic heterocycles. The van der Waals surface area contributed by atoms with Gasteiger partial charge in [0.05, 0.1) is 6.07 Å². The highest BCUT2D eigenvalue weighted by atomic mass is 16.5. The van der Waals surface area contributed by atoms with Crippen LogP contribution in [0.5, 0.6) is 0 Å². The van der Waals surface area contributed by atoms with Crippen molar-refractivity contribution in [2.45, 2.75) is 18.4 Å². The highest BCUT2D eigenvalue weighted by Gasteiger charge is 2.45. The molecular weight excluding hydrogens is 236 g/mol. The van der Waals surface area contributed by atoms with E-state index in [1.54, 1.807) is 6.07 Å². The van der Waals surface area contributed by atoms with Crippen LogP contribution in [0, 0.1) is 11.3 Å². The van der Waals surface area contributed by atoms with E-state index in [1.807, 2.05) is 0 Å². The molecule has 18 heavy (non-hydrogen) atoms. The van der Waals surface area contributed by atoms with E-state index in [1.165, 1.54) is 6.26 Å². The summed E-state index contributed by atoms with van der Waals surface area (Å²) < 4.78 is 9.81. The maximum Gasteiger partial charge on any atom is 0.275 e. The number of nitriles is 1. The first-order valence-electron chi connectivity index (χ1n) is 5.32. The van der Waals surface area contributed by atoms with Gasteiger partial charge >= 0.3 is 0 Å². The summed E-state index contributed by atoms with van der Waals surface area (Å²) >= 11 is 0. The molecule has 7 heteroatoms. The molecule has 0 spiro atoms. The Bertz CT molecular complexity index is 619. The molecule has 3 rings (SSSR count). The summed E-state index contributed by atoms with van der Waals surface area (Å²) in [6.45, 7) is 0. The van der Waals surface area contributed by atoms with Crippen LogP contribution in [0.15, 0.2) is 27.7 Å². The fourth-order valence-electron chi connectivity index (χ4n) is 1.59. The van der Waals surface area contributed by atoms with Gasteiger partial charge in [-0.3, -0.25) is 4.79 Å². The Morgan fingerprint density at radius 2 is 2.39 bits per heavy atom. The van der Waals surface area contributed by atoms with Crippen LogP contribution in [0.4, 0.5) is 0 Å². The van der Waals surface area contributed by atoms with Crippen LogP contribution in [0.3, 0.4) is 0 Å². The summed E-state index contributed by atoms with van der Waals surface area (Å²) in [6, 6.07) is 3.64. The standard InChI is InChI=1S/C11H8N4O3/c12-5-11(2-3-11)14-10(16)8-9(17-6-13-8)7-1-4-18-15-7/h1,4,6H,2-3H2,(H,14,16). The van der Waals surface area contributed by atoms with Gasteiger partial charge in [-0.1, -0.05) is 5.16 Å². The second kappa shape index (κ2) is 3.70. The molecule has 1 aliphatic rings. The van der Waals surface area contributed by atoms with Crippen molar-refractivity contribution >= 4 is 5.91 Å². The van der Waals surface area contributed by atoms with Gasteiger partial charge in [0, 0.05) is 6.07 Å². The molecule has 0 atom stereocenters. The van der Waals surface area contributed by atoms with Crippen LogP contribution < -0.4 is 5.32 Å². The number of amides is 1. The van der Waals surface area contributed by atoms with Crippen LogP contribution in [-0.4, -0.2) is 21.6 Å². The minimum atomic E-state index is -0.739. The van der Waals surface area contributed by atoms with Crippen LogP contribution in [0.25, 0.3) is 11.5 Å². The summed E-state index contributed by atoms with van der Waals surface area (Å²) in [4.78, 5) is 15.8. The fourth-order valence-corrected chi connectivity index (χ4v) is 1.59. The highest BCUT2D eigenvalue weighted by molar-refractivity contribution is 5.98.